The predicted molar refractivity (Wildman–Crippen MR) is 127 cm³/mol. The first kappa shape index (κ1) is 30.7. The van der Waals surface area contributed by atoms with Gasteiger partial charge in [-0.3, -0.25) is 9.59 Å². The molecule has 0 aliphatic heterocycles. The molecule has 0 radical (unpaired) electrons. The summed E-state index contributed by atoms with van der Waals surface area (Å²) in [4.78, 5) is 22.7. The summed E-state index contributed by atoms with van der Waals surface area (Å²) in [5.41, 5.74) is -1.33. The number of carbonyl (C=O) groups excluding carboxylic acids is 2. The van der Waals surface area contributed by atoms with Crippen LogP contribution in [0.3, 0.4) is 0 Å². The maximum absolute atomic E-state index is 13.4. The first-order valence-corrected chi connectivity index (χ1v) is 13.1. The van der Waals surface area contributed by atoms with E-state index in [0.29, 0.717) is 0 Å². The molecule has 0 heterocycles. The van der Waals surface area contributed by atoms with E-state index in [4.69, 9.17) is 34.8 Å². The van der Waals surface area contributed by atoms with Crippen LogP contribution < -0.4 is 10.6 Å². The number of carbonyl (C=O) groups is 2. The molecule has 2 N–H and O–H groups in total. The van der Waals surface area contributed by atoms with Gasteiger partial charge < -0.3 is 10.6 Å². The molecular weight excluding hydrogens is 659 g/mol. The average Bonchev–Trinajstić information content (AvgIpc) is 2.63. The van der Waals surface area contributed by atoms with E-state index < -0.39 is 65.5 Å². The number of benzene rings is 2. The van der Waals surface area contributed by atoms with Crippen molar-refractivity contribution in [1.82, 2.24) is 5.32 Å². The van der Waals surface area contributed by atoms with Crippen molar-refractivity contribution < 1.29 is 42.2 Å². The second-order valence-corrected chi connectivity index (χ2v) is 13.1. The molecule has 0 spiro atoms. The number of alkyl halides is 5. The first-order chi connectivity index (χ1) is 15.9. The number of anilines is 1. The monoisotopic (exact) mass is 670 g/mol. The van der Waals surface area contributed by atoms with Gasteiger partial charge in [-0.25, -0.2) is 0 Å². The zero-order valence-corrected chi connectivity index (χ0v) is 22.2. The molecule has 2 amide bonds. The fourth-order valence-corrected chi connectivity index (χ4v) is 4.94. The van der Waals surface area contributed by atoms with Crippen LogP contribution in [0, 0.1) is 0 Å². The molecule has 202 valence electrons. The standard InChI is InChI=1S/C19H14BrCl3F8N2O2S/c1-18(22,23)15(9-4-10(20)6-12(5-9)36(27,28,29,30)31)17(35)33-11-2-3-14(21)13(7-11)16(34)32-8-19(24,25)26/h2-7,15H,8H2,1H3,(H,32,34)(H,33,35). The number of halogens is 12. The molecule has 0 fully saturated rings. The van der Waals surface area contributed by atoms with Crippen molar-refractivity contribution in [2.24, 2.45) is 0 Å². The Balaban J connectivity index is 2.46. The van der Waals surface area contributed by atoms with Crippen molar-refractivity contribution in [3.05, 3.63) is 57.0 Å². The number of nitrogens with one attached hydrogen (secondary N) is 2. The third-order valence-corrected chi connectivity index (χ3v) is 6.72. The van der Waals surface area contributed by atoms with Gasteiger partial charge in [0.15, 0.2) is 0 Å². The van der Waals surface area contributed by atoms with E-state index >= 15 is 0 Å². The molecule has 4 nitrogen and oxygen atoms in total. The Kier molecular flexibility index (Phi) is 8.00. The van der Waals surface area contributed by atoms with Crippen LogP contribution in [0.1, 0.15) is 28.8 Å². The van der Waals surface area contributed by atoms with Gasteiger partial charge in [-0.2, -0.15) is 13.2 Å². The highest BCUT2D eigenvalue weighted by Crippen LogP contribution is 3.02. The smallest absolute Gasteiger partial charge is 0.343 e. The third kappa shape index (κ3) is 8.54. The Labute approximate surface area is 222 Å². The van der Waals surface area contributed by atoms with Crippen LogP contribution >= 0.6 is 61.0 Å². The number of amides is 2. The highest BCUT2D eigenvalue weighted by atomic mass is 79.9. The lowest BCUT2D eigenvalue weighted by molar-refractivity contribution is -0.123. The zero-order valence-electron chi connectivity index (χ0n) is 17.5. The summed E-state index contributed by atoms with van der Waals surface area (Å²) in [6.45, 7) is -0.645. The Morgan fingerprint density at radius 2 is 1.61 bits per heavy atom. The van der Waals surface area contributed by atoms with Crippen LogP contribution in [0.25, 0.3) is 0 Å². The summed E-state index contributed by atoms with van der Waals surface area (Å²) in [5, 5.41) is 3.50. The minimum absolute atomic E-state index is 0.0391. The molecule has 17 heteroatoms. The fraction of sp³-hybridized carbons (Fsp3) is 0.263. The minimum atomic E-state index is -10.2. The molecule has 0 saturated heterocycles. The van der Waals surface area contributed by atoms with Crippen molar-refractivity contribution in [1.29, 1.82) is 0 Å². The molecule has 0 aliphatic rings. The largest absolute Gasteiger partial charge is 0.405 e. The zero-order chi connectivity index (χ0) is 28.0. The Bertz CT molecular complexity index is 1210. The Morgan fingerprint density at radius 1 is 1.03 bits per heavy atom. The van der Waals surface area contributed by atoms with Crippen LogP contribution in [-0.4, -0.2) is 28.9 Å². The van der Waals surface area contributed by atoms with Gasteiger partial charge >= 0.3 is 16.4 Å². The van der Waals surface area contributed by atoms with E-state index in [1.807, 2.05) is 0 Å². The maximum atomic E-state index is 13.4. The van der Waals surface area contributed by atoms with E-state index in [1.165, 1.54) is 0 Å². The van der Waals surface area contributed by atoms with Crippen LogP contribution in [0.15, 0.2) is 45.8 Å². The van der Waals surface area contributed by atoms with Crippen LogP contribution in [-0.2, 0) is 4.79 Å². The van der Waals surface area contributed by atoms with E-state index in [1.54, 1.807) is 5.32 Å². The maximum Gasteiger partial charge on any atom is 0.405 e. The van der Waals surface area contributed by atoms with E-state index in [-0.39, 0.29) is 22.8 Å². The highest BCUT2D eigenvalue weighted by molar-refractivity contribution is 9.10. The summed E-state index contributed by atoms with van der Waals surface area (Å²) in [6.07, 6.45) is -4.72. The molecule has 2 aromatic carbocycles. The van der Waals surface area contributed by atoms with Crippen molar-refractivity contribution in [2.75, 3.05) is 11.9 Å². The molecule has 2 rings (SSSR count). The molecular formula is C19H14BrCl3F8N2O2S. The summed E-state index contributed by atoms with van der Waals surface area (Å²) in [7, 11) is -10.2. The quantitative estimate of drug-likeness (QED) is 0.228. The highest BCUT2D eigenvalue weighted by Gasteiger charge is 2.65. The van der Waals surface area contributed by atoms with Gasteiger partial charge in [0.05, 0.1) is 16.5 Å². The predicted octanol–water partition coefficient (Wildman–Crippen LogP) is 8.97. The summed E-state index contributed by atoms with van der Waals surface area (Å²) in [5.74, 6) is -4.29. The normalized spacial score (nSPS) is 15.5. The van der Waals surface area contributed by atoms with Crippen LogP contribution in [0.5, 0.6) is 0 Å². The molecule has 0 bridgehead atoms. The van der Waals surface area contributed by atoms with E-state index in [2.05, 4.69) is 21.2 Å². The summed E-state index contributed by atoms with van der Waals surface area (Å²) in [6, 6.07) is 4.17. The summed E-state index contributed by atoms with van der Waals surface area (Å²) >= 11 is 20.6. The third-order valence-electron chi connectivity index (χ3n) is 4.37. The number of hydrogen-bond acceptors (Lipinski definition) is 2. The fourth-order valence-electron chi connectivity index (χ4n) is 2.92. The van der Waals surface area contributed by atoms with Gasteiger partial charge in [0.1, 0.15) is 15.8 Å². The van der Waals surface area contributed by atoms with E-state index in [9.17, 15) is 42.2 Å². The van der Waals surface area contributed by atoms with Crippen molar-refractivity contribution in [2.45, 2.75) is 28.2 Å². The van der Waals surface area contributed by atoms with Crippen LogP contribution in [0.2, 0.25) is 5.02 Å². The number of hydrogen-bond donors (Lipinski definition) is 2. The first-order valence-electron chi connectivity index (χ1n) is 9.25. The molecule has 1 atom stereocenters. The molecule has 0 saturated carbocycles. The molecule has 0 aromatic heterocycles. The van der Waals surface area contributed by atoms with Gasteiger partial charge in [0.25, 0.3) is 5.91 Å². The second-order valence-electron chi connectivity index (χ2n) is 7.56. The van der Waals surface area contributed by atoms with Gasteiger partial charge in [-0.1, -0.05) is 47.0 Å². The van der Waals surface area contributed by atoms with Crippen LogP contribution in [0.4, 0.5) is 38.3 Å². The van der Waals surface area contributed by atoms with E-state index in [0.717, 1.165) is 31.2 Å². The lowest BCUT2D eigenvalue weighted by Crippen LogP contribution is -2.34. The lowest BCUT2D eigenvalue weighted by Gasteiger charge is -2.41. The van der Waals surface area contributed by atoms with Gasteiger partial charge in [-0.05, 0) is 48.9 Å². The lowest BCUT2D eigenvalue weighted by atomic mass is 9.94. The SMILES string of the molecule is CC(Cl)(Cl)C(C(=O)Nc1ccc(Cl)c(C(=O)NCC(F)(F)F)c1)c1cc(Br)cc(S(F)(F)(F)(F)F)c1. The van der Waals surface area contributed by atoms with Gasteiger partial charge in [0.2, 0.25) is 5.91 Å². The second kappa shape index (κ2) is 9.37. The summed E-state index contributed by atoms with van der Waals surface area (Å²) < 4.78 is 102. The van der Waals surface area contributed by atoms with Crippen molar-refractivity contribution in [3.63, 3.8) is 0 Å². The molecule has 36 heavy (non-hydrogen) atoms. The number of rotatable bonds is 7. The molecule has 0 aliphatic carbocycles. The Morgan fingerprint density at radius 3 is 2.11 bits per heavy atom. The van der Waals surface area contributed by atoms with Gasteiger partial charge in [-0.15, -0.1) is 23.2 Å². The van der Waals surface area contributed by atoms with Crippen molar-refractivity contribution >= 4 is 78.5 Å². The Hall–Kier alpha value is -1.48. The minimum Gasteiger partial charge on any atom is -0.343 e. The topological polar surface area (TPSA) is 58.2 Å². The van der Waals surface area contributed by atoms with Gasteiger partial charge in [0, 0.05) is 10.2 Å². The van der Waals surface area contributed by atoms with Crippen molar-refractivity contribution in [3.8, 4) is 0 Å². The molecule has 1 unspecified atom stereocenters. The average molecular weight is 673 g/mol. The molecule has 2 aromatic rings.